The van der Waals surface area contributed by atoms with Gasteiger partial charge in [-0.1, -0.05) is 25.7 Å². The van der Waals surface area contributed by atoms with Gasteiger partial charge in [0, 0.05) is 11.5 Å². The fourth-order valence-electron chi connectivity index (χ4n) is 0.803. The van der Waals surface area contributed by atoms with E-state index in [1.165, 1.54) is 7.11 Å². The van der Waals surface area contributed by atoms with Crippen molar-refractivity contribution >= 4 is 5.97 Å². The predicted molar refractivity (Wildman–Crippen MR) is 87.4 cm³/mol. The molecule has 22 heavy (non-hydrogen) atoms. The summed E-state index contributed by atoms with van der Waals surface area (Å²) >= 11 is 0. The van der Waals surface area contributed by atoms with Crippen molar-refractivity contribution < 1.29 is 29.6 Å². The maximum Gasteiger partial charge on any atom is 0.329 e. The first-order valence-electron chi connectivity index (χ1n) is 6.79. The molecule has 0 unspecified atom stereocenters. The Hall–Kier alpha value is -1.47. The Morgan fingerprint density at radius 3 is 1.55 bits per heavy atom. The fraction of sp³-hybridized carbons (Fsp3) is 0.562. The van der Waals surface area contributed by atoms with Crippen molar-refractivity contribution in [1.82, 2.24) is 0 Å². The molecule has 0 aliphatic rings. The van der Waals surface area contributed by atoms with Gasteiger partial charge >= 0.3 is 5.97 Å². The van der Waals surface area contributed by atoms with Gasteiger partial charge in [-0.2, -0.15) is 0 Å². The van der Waals surface area contributed by atoms with E-state index < -0.39 is 11.4 Å². The molecule has 6 heteroatoms. The van der Waals surface area contributed by atoms with Crippen LogP contribution in [0, 0.1) is 5.41 Å². The fourth-order valence-corrected chi connectivity index (χ4v) is 0.803. The topological polar surface area (TPSA) is 96.2 Å². The molecule has 0 heterocycles. The molecule has 6 nitrogen and oxygen atoms in total. The van der Waals surface area contributed by atoms with Crippen LogP contribution >= 0.6 is 0 Å². The molecule has 130 valence electrons. The lowest BCUT2D eigenvalue weighted by atomic mass is 9.88. The van der Waals surface area contributed by atoms with E-state index in [0.717, 1.165) is 6.08 Å². The lowest BCUT2D eigenvalue weighted by Crippen LogP contribution is -2.32. The zero-order chi connectivity index (χ0) is 17.9. The van der Waals surface area contributed by atoms with E-state index >= 15 is 0 Å². The van der Waals surface area contributed by atoms with Crippen molar-refractivity contribution in [3.05, 3.63) is 38.0 Å². The molecule has 0 bridgehead atoms. The third-order valence-corrected chi connectivity index (χ3v) is 2.60. The average Bonchev–Trinajstić information content (AvgIpc) is 2.58. The van der Waals surface area contributed by atoms with Crippen LogP contribution in [0.25, 0.3) is 0 Å². The van der Waals surface area contributed by atoms with E-state index in [9.17, 15) is 4.79 Å². The van der Waals surface area contributed by atoms with Crippen molar-refractivity contribution in [2.24, 2.45) is 5.41 Å². The lowest BCUT2D eigenvalue weighted by molar-refractivity contribution is -0.134. The minimum atomic E-state index is -0.667. The molecule has 0 aromatic heterocycles. The minimum Gasteiger partial charge on any atom is -0.466 e. The summed E-state index contributed by atoms with van der Waals surface area (Å²) < 4.78 is 9.04. The van der Waals surface area contributed by atoms with Gasteiger partial charge < -0.3 is 24.8 Å². The van der Waals surface area contributed by atoms with Gasteiger partial charge in [0.05, 0.1) is 40.1 Å². The Morgan fingerprint density at radius 2 is 1.45 bits per heavy atom. The highest BCUT2D eigenvalue weighted by Gasteiger charge is 2.24. The van der Waals surface area contributed by atoms with Crippen molar-refractivity contribution in [1.29, 1.82) is 0 Å². The standard InChI is InChI=1S/C6H14O3.C6H10O.C4H6O2/c1-2-6(3-7,4-8)5-9;1-3-5-7-6-4-2;1-3-4(5)6-2/h7-9H,2-5H2,1H3;3-4H,1-2,5-6H2;3H,1H2,2H3. The maximum absolute atomic E-state index is 9.84. The number of carbonyl (C=O) groups excluding carboxylic acids is 1. The van der Waals surface area contributed by atoms with Crippen LogP contribution in [0.2, 0.25) is 0 Å². The van der Waals surface area contributed by atoms with Crippen molar-refractivity contribution in [2.75, 3.05) is 40.1 Å². The van der Waals surface area contributed by atoms with Gasteiger partial charge in [0.1, 0.15) is 0 Å². The van der Waals surface area contributed by atoms with Gasteiger partial charge in [0.25, 0.3) is 0 Å². The molecule has 0 rings (SSSR count). The SMILES string of the molecule is C=CC(=O)OC.C=CCOCC=C.CCC(CO)(CO)CO. The number of ether oxygens (including phenoxy) is 2. The second kappa shape index (κ2) is 19.5. The Bertz CT molecular complexity index is 259. The molecular weight excluding hydrogens is 288 g/mol. The Morgan fingerprint density at radius 1 is 1.05 bits per heavy atom. The molecule has 0 saturated heterocycles. The number of methoxy groups -OCH3 is 1. The van der Waals surface area contributed by atoms with Crippen LogP contribution in [-0.4, -0.2) is 61.4 Å². The lowest BCUT2D eigenvalue weighted by Gasteiger charge is -2.24. The molecule has 3 N–H and O–H groups in total. The summed E-state index contributed by atoms with van der Waals surface area (Å²) in [6.07, 6.45) is 5.13. The number of carbonyl (C=O) groups is 1. The number of hydrogen-bond donors (Lipinski definition) is 3. The van der Waals surface area contributed by atoms with E-state index in [0.29, 0.717) is 19.6 Å². The highest BCUT2D eigenvalue weighted by atomic mass is 16.5. The number of esters is 1. The molecule has 0 aromatic rings. The Balaban J connectivity index is -0.000000252. The zero-order valence-electron chi connectivity index (χ0n) is 13.7. The summed E-state index contributed by atoms with van der Waals surface area (Å²) in [5, 5.41) is 26.0. The smallest absolute Gasteiger partial charge is 0.329 e. The highest BCUT2D eigenvalue weighted by Crippen LogP contribution is 2.18. The number of aliphatic hydroxyl groups is 3. The second-order valence-corrected chi connectivity index (χ2v) is 4.17. The summed E-state index contributed by atoms with van der Waals surface area (Å²) in [5.74, 6) is -0.394. The van der Waals surface area contributed by atoms with Gasteiger partial charge in [-0.15, -0.1) is 13.2 Å². The largest absolute Gasteiger partial charge is 0.466 e. The molecule has 0 atom stereocenters. The number of rotatable bonds is 9. The molecule has 0 spiro atoms. The molecule has 0 fully saturated rings. The summed E-state index contributed by atoms with van der Waals surface area (Å²) in [6, 6.07) is 0. The van der Waals surface area contributed by atoms with Gasteiger partial charge in [0.2, 0.25) is 0 Å². The van der Waals surface area contributed by atoms with E-state index in [1.54, 1.807) is 12.2 Å². The molecule has 0 aromatic carbocycles. The van der Waals surface area contributed by atoms with Gasteiger partial charge in [0.15, 0.2) is 0 Å². The second-order valence-electron chi connectivity index (χ2n) is 4.17. The van der Waals surface area contributed by atoms with Crippen molar-refractivity contribution in [3.63, 3.8) is 0 Å². The molecule has 0 radical (unpaired) electrons. The van der Waals surface area contributed by atoms with Crippen LogP contribution < -0.4 is 0 Å². The zero-order valence-corrected chi connectivity index (χ0v) is 13.7. The maximum atomic E-state index is 9.84. The molecule has 0 aliphatic carbocycles. The Labute approximate surface area is 133 Å². The summed E-state index contributed by atoms with van der Waals surface area (Å²) in [4.78, 5) is 9.84. The predicted octanol–water partition coefficient (Wildman–Crippen LogP) is 1.08. The van der Waals surface area contributed by atoms with Crippen LogP contribution in [-0.2, 0) is 14.3 Å². The van der Waals surface area contributed by atoms with Gasteiger partial charge in [-0.3, -0.25) is 0 Å². The van der Waals surface area contributed by atoms with Crippen LogP contribution in [0.1, 0.15) is 13.3 Å². The van der Waals surface area contributed by atoms with E-state index in [-0.39, 0.29) is 19.8 Å². The normalized spacial score (nSPS) is 9.32. The van der Waals surface area contributed by atoms with Crippen LogP contribution in [0.4, 0.5) is 0 Å². The first kappa shape index (κ1) is 25.5. The molecule has 0 saturated carbocycles. The van der Waals surface area contributed by atoms with Crippen LogP contribution in [0.5, 0.6) is 0 Å². The molecule has 0 amide bonds. The van der Waals surface area contributed by atoms with Crippen molar-refractivity contribution in [2.45, 2.75) is 13.3 Å². The molecular formula is C16H30O6. The summed E-state index contributed by atoms with van der Waals surface area (Å²) in [7, 11) is 1.31. The van der Waals surface area contributed by atoms with Crippen LogP contribution in [0.3, 0.4) is 0 Å². The van der Waals surface area contributed by atoms with Gasteiger partial charge in [-0.25, -0.2) is 4.79 Å². The third-order valence-electron chi connectivity index (χ3n) is 2.60. The van der Waals surface area contributed by atoms with E-state index in [4.69, 9.17) is 20.1 Å². The summed E-state index contributed by atoms with van der Waals surface area (Å²) in [5.41, 5.74) is -0.667. The van der Waals surface area contributed by atoms with E-state index in [2.05, 4.69) is 24.5 Å². The summed E-state index contributed by atoms with van der Waals surface area (Å²) in [6.45, 7) is 12.7. The average molecular weight is 318 g/mol. The quantitative estimate of drug-likeness (QED) is 0.255. The third kappa shape index (κ3) is 16.6. The number of hydrogen-bond acceptors (Lipinski definition) is 6. The van der Waals surface area contributed by atoms with Crippen molar-refractivity contribution in [3.8, 4) is 0 Å². The Kier molecular flexibility index (Phi) is 22.6. The van der Waals surface area contributed by atoms with Crippen LogP contribution in [0.15, 0.2) is 38.0 Å². The monoisotopic (exact) mass is 318 g/mol. The molecule has 0 aliphatic heterocycles. The minimum absolute atomic E-state index is 0.156. The number of aliphatic hydroxyl groups excluding tert-OH is 3. The van der Waals surface area contributed by atoms with E-state index in [1.807, 2.05) is 6.92 Å². The first-order valence-corrected chi connectivity index (χ1v) is 6.79. The highest BCUT2D eigenvalue weighted by molar-refractivity contribution is 5.80. The van der Waals surface area contributed by atoms with Gasteiger partial charge in [-0.05, 0) is 6.42 Å². The first-order chi connectivity index (χ1) is 10.5.